The van der Waals surface area contributed by atoms with Gasteiger partial charge in [0.15, 0.2) is 11.6 Å². The molecule has 0 saturated heterocycles. The molecule has 0 radical (unpaired) electrons. The van der Waals surface area contributed by atoms with Crippen molar-refractivity contribution >= 4 is 23.2 Å². The van der Waals surface area contributed by atoms with E-state index in [9.17, 15) is 14.4 Å². The SMILES string of the molecule is O=C(Nc1ccc2c(c1-c1ccccc1)C(=O)c1ccccc1C2=O)c1ccccc1. The number of fused-ring (bicyclic) bond motifs is 2. The predicted molar refractivity (Wildman–Crippen MR) is 120 cm³/mol. The smallest absolute Gasteiger partial charge is 0.255 e. The second-order valence-corrected chi connectivity index (χ2v) is 7.30. The number of carbonyl (C=O) groups is 3. The fourth-order valence-corrected chi connectivity index (χ4v) is 3.98. The largest absolute Gasteiger partial charge is 0.321 e. The summed E-state index contributed by atoms with van der Waals surface area (Å²) in [6.07, 6.45) is 0. The van der Waals surface area contributed by atoms with E-state index in [-0.39, 0.29) is 17.5 Å². The normalized spacial score (nSPS) is 12.1. The molecule has 1 aliphatic carbocycles. The lowest BCUT2D eigenvalue weighted by Crippen LogP contribution is -2.23. The third kappa shape index (κ3) is 3.15. The standard InChI is InChI=1S/C27H17NO3/c29-25-19-13-7-8-14-20(19)26(30)24-21(25)15-16-22(23(24)17-9-3-1-4-10-17)28-27(31)18-11-5-2-6-12-18/h1-16H,(H,28,31). The molecule has 1 aliphatic rings. The van der Waals surface area contributed by atoms with Gasteiger partial charge in [-0.05, 0) is 29.8 Å². The van der Waals surface area contributed by atoms with Gasteiger partial charge in [0.05, 0.1) is 0 Å². The van der Waals surface area contributed by atoms with Crippen LogP contribution in [0.3, 0.4) is 0 Å². The lowest BCUT2D eigenvalue weighted by Gasteiger charge is -2.23. The predicted octanol–water partition coefficient (Wildman–Crippen LogP) is 5.38. The van der Waals surface area contributed by atoms with Gasteiger partial charge in [-0.3, -0.25) is 14.4 Å². The number of ketones is 2. The van der Waals surface area contributed by atoms with Gasteiger partial charge in [0.2, 0.25) is 0 Å². The molecular weight excluding hydrogens is 386 g/mol. The molecule has 31 heavy (non-hydrogen) atoms. The summed E-state index contributed by atoms with van der Waals surface area (Å²) in [6.45, 7) is 0. The van der Waals surface area contributed by atoms with Crippen molar-refractivity contribution in [3.8, 4) is 11.1 Å². The van der Waals surface area contributed by atoms with Crippen LogP contribution in [0.1, 0.15) is 42.2 Å². The zero-order valence-electron chi connectivity index (χ0n) is 16.5. The summed E-state index contributed by atoms with van der Waals surface area (Å²) in [5, 5.41) is 2.93. The molecule has 0 bridgehead atoms. The first-order valence-corrected chi connectivity index (χ1v) is 9.92. The van der Waals surface area contributed by atoms with Crippen molar-refractivity contribution in [1.82, 2.24) is 0 Å². The minimum Gasteiger partial charge on any atom is -0.321 e. The fraction of sp³-hybridized carbons (Fsp3) is 0. The summed E-state index contributed by atoms with van der Waals surface area (Å²) in [6, 6.07) is 28.4. The van der Waals surface area contributed by atoms with Crippen LogP contribution in [0.4, 0.5) is 5.69 Å². The monoisotopic (exact) mass is 403 g/mol. The van der Waals surface area contributed by atoms with Crippen LogP contribution in [0.25, 0.3) is 11.1 Å². The van der Waals surface area contributed by atoms with Crippen molar-refractivity contribution in [2.24, 2.45) is 0 Å². The fourth-order valence-electron chi connectivity index (χ4n) is 3.98. The summed E-state index contributed by atoms with van der Waals surface area (Å²) in [7, 11) is 0. The summed E-state index contributed by atoms with van der Waals surface area (Å²) in [5.41, 5.74) is 3.75. The minimum atomic E-state index is -0.285. The highest BCUT2D eigenvalue weighted by Crippen LogP contribution is 2.39. The van der Waals surface area contributed by atoms with E-state index in [1.807, 2.05) is 36.4 Å². The lowest BCUT2D eigenvalue weighted by molar-refractivity contribution is 0.0979. The number of hydrogen-bond donors (Lipinski definition) is 1. The van der Waals surface area contributed by atoms with Crippen molar-refractivity contribution in [2.45, 2.75) is 0 Å². The molecule has 0 spiro atoms. The lowest BCUT2D eigenvalue weighted by atomic mass is 9.80. The Labute approximate surface area is 179 Å². The zero-order chi connectivity index (χ0) is 21.4. The quantitative estimate of drug-likeness (QED) is 0.440. The van der Waals surface area contributed by atoms with Crippen LogP contribution < -0.4 is 5.32 Å². The highest BCUT2D eigenvalue weighted by atomic mass is 16.2. The van der Waals surface area contributed by atoms with E-state index in [0.717, 1.165) is 5.56 Å². The van der Waals surface area contributed by atoms with Gasteiger partial charge in [-0.2, -0.15) is 0 Å². The molecule has 4 aromatic rings. The van der Waals surface area contributed by atoms with Gasteiger partial charge in [-0.15, -0.1) is 0 Å². The van der Waals surface area contributed by atoms with Crippen molar-refractivity contribution in [1.29, 1.82) is 0 Å². The number of carbonyl (C=O) groups excluding carboxylic acids is 3. The van der Waals surface area contributed by atoms with E-state index in [2.05, 4.69) is 5.32 Å². The highest BCUT2D eigenvalue weighted by molar-refractivity contribution is 6.31. The molecule has 0 unspecified atom stereocenters. The van der Waals surface area contributed by atoms with Crippen molar-refractivity contribution in [2.75, 3.05) is 5.32 Å². The second kappa shape index (κ2) is 7.50. The average Bonchev–Trinajstić information content (AvgIpc) is 2.83. The van der Waals surface area contributed by atoms with Gasteiger partial charge in [0, 0.05) is 39.1 Å². The molecule has 1 amide bonds. The van der Waals surface area contributed by atoms with E-state index in [1.54, 1.807) is 60.7 Å². The van der Waals surface area contributed by atoms with Crippen LogP contribution in [0.2, 0.25) is 0 Å². The zero-order valence-corrected chi connectivity index (χ0v) is 16.5. The molecule has 4 nitrogen and oxygen atoms in total. The number of anilines is 1. The maximum Gasteiger partial charge on any atom is 0.255 e. The molecule has 1 N–H and O–H groups in total. The molecule has 148 valence electrons. The molecule has 5 rings (SSSR count). The van der Waals surface area contributed by atoms with Crippen LogP contribution >= 0.6 is 0 Å². The van der Waals surface area contributed by atoms with Crippen LogP contribution in [-0.2, 0) is 0 Å². The molecule has 4 aromatic carbocycles. The Bertz CT molecular complexity index is 1340. The van der Waals surface area contributed by atoms with Gasteiger partial charge in [-0.25, -0.2) is 0 Å². The molecule has 0 aromatic heterocycles. The molecule has 0 aliphatic heterocycles. The van der Waals surface area contributed by atoms with Crippen LogP contribution in [0, 0.1) is 0 Å². The van der Waals surface area contributed by atoms with E-state index in [0.29, 0.717) is 39.1 Å². The number of rotatable bonds is 3. The van der Waals surface area contributed by atoms with Crippen LogP contribution in [-0.4, -0.2) is 17.5 Å². The maximum atomic E-state index is 13.5. The van der Waals surface area contributed by atoms with Crippen LogP contribution in [0.15, 0.2) is 97.1 Å². The second-order valence-electron chi connectivity index (χ2n) is 7.30. The molecule has 4 heteroatoms. The number of amides is 1. The molecule has 0 saturated carbocycles. The molecule has 0 atom stereocenters. The summed E-state index contributed by atoms with van der Waals surface area (Å²) in [5.74, 6) is -0.698. The Hall–Kier alpha value is -4.31. The Balaban J connectivity index is 1.71. The van der Waals surface area contributed by atoms with E-state index in [4.69, 9.17) is 0 Å². The van der Waals surface area contributed by atoms with Gasteiger partial charge in [0.25, 0.3) is 5.91 Å². The Morgan fingerprint density at radius 2 is 1.13 bits per heavy atom. The average molecular weight is 403 g/mol. The van der Waals surface area contributed by atoms with Crippen molar-refractivity contribution in [3.63, 3.8) is 0 Å². The minimum absolute atomic E-state index is 0.191. The number of hydrogen-bond acceptors (Lipinski definition) is 3. The highest BCUT2D eigenvalue weighted by Gasteiger charge is 2.33. The molecule has 0 heterocycles. The molecule has 0 fully saturated rings. The Morgan fingerprint density at radius 3 is 1.81 bits per heavy atom. The summed E-state index contributed by atoms with van der Waals surface area (Å²) < 4.78 is 0. The number of benzene rings is 4. The van der Waals surface area contributed by atoms with Gasteiger partial charge in [-0.1, -0.05) is 72.8 Å². The van der Waals surface area contributed by atoms with Crippen LogP contribution in [0.5, 0.6) is 0 Å². The summed E-state index contributed by atoms with van der Waals surface area (Å²) in [4.78, 5) is 39.5. The topological polar surface area (TPSA) is 63.2 Å². The number of nitrogens with one attached hydrogen (secondary N) is 1. The Morgan fingerprint density at radius 1 is 0.548 bits per heavy atom. The first-order valence-electron chi connectivity index (χ1n) is 9.92. The van der Waals surface area contributed by atoms with Gasteiger partial charge >= 0.3 is 0 Å². The first kappa shape index (κ1) is 18.7. The third-order valence-corrected chi connectivity index (χ3v) is 5.44. The maximum absolute atomic E-state index is 13.5. The van der Waals surface area contributed by atoms with Crippen molar-refractivity contribution in [3.05, 3.63) is 125 Å². The first-order chi connectivity index (χ1) is 15.1. The van der Waals surface area contributed by atoms with Gasteiger partial charge < -0.3 is 5.32 Å². The summed E-state index contributed by atoms with van der Waals surface area (Å²) >= 11 is 0. The van der Waals surface area contributed by atoms with E-state index in [1.165, 1.54) is 0 Å². The van der Waals surface area contributed by atoms with Crippen molar-refractivity contribution < 1.29 is 14.4 Å². The molecular formula is C27H17NO3. The Kier molecular flexibility index (Phi) is 4.53. The van der Waals surface area contributed by atoms with E-state index < -0.39 is 0 Å². The third-order valence-electron chi connectivity index (χ3n) is 5.44. The van der Waals surface area contributed by atoms with Gasteiger partial charge in [0.1, 0.15) is 0 Å². The van der Waals surface area contributed by atoms with E-state index >= 15 is 0 Å².